The van der Waals surface area contributed by atoms with Gasteiger partial charge in [-0.15, -0.1) is 0 Å². The van der Waals surface area contributed by atoms with Crippen LogP contribution < -0.4 is 0 Å². The van der Waals surface area contributed by atoms with Gasteiger partial charge in [0, 0.05) is 19.1 Å². The number of carbonyl (C=O) groups is 2. The van der Waals surface area contributed by atoms with Crippen molar-refractivity contribution in [3.8, 4) is 0 Å². The molecule has 7 heteroatoms. The molecule has 7 nitrogen and oxygen atoms in total. The second kappa shape index (κ2) is 12.9. The van der Waals surface area contributed by atoms with Crippen LogP contribution in [0.3, 0.4) is 0 Å². The van der Waals surface area contributed by atoms with Crippen LogP contribution in [-0.4, -0.2) is 71.1 Å². The monoisotopic (exact) mass is 457 g/mol. The van der Waals surface area contributed by atoms with E-state index in [4.69, 9.17) is 9.47 Å². The van der Waals surface area contributed by atoms with Crippen LogP contribution >= 0.6 is 0 Å². The molecule has 2 N–H and O–H groups in total. The number of carbonyl (C=O) groups excluding carboxylic acids is 2. The smallest absolute Gasteiger partial charge is 0.309 e. The van der Waals surface area contributed by atoms with E-state index in [2.05, 4.69) is 20.8 Å². The lowest BCUT2D eigenvalue weighted by atomic mass is 9.85. The van der Waals surface area contributed by atoms with E-state index >= 15 is 0 Å². The van der Waals surface area contributed by atoms with E-state index in [1.807, 2.05) is 25.7 Å². The predicted octanol–water partition coefficient (Wildman–Crippen LogP) is 3.40. The van der Waals surface area contributed by atoms with Crippen molar-refractivity contribution in [2.75, 3.05) is 20.2 Å². The van der Waals surface area contributed by atoms with Crippen molar-refractivity contribution in [2.24, 2.45) is 23.7 Å². The molecule has 1 aliphatic rings. The van der Waals surface area contributed by atoms with Crippen LogP contribution in [0, 0.1) is 23.7 Å². The highest BCUT2D eigenvalue weighted by atomic mass is 16.6. The van der Waals surface area contributed by atoms with E-state index in [0.717, 1.165) is 19.3 Å². The van der Waals surface area contributed by atoms with Gasteiger partial charge in [-0.2, -0.15) is 0 Å². The molecule has 0 bridgehead atoms. The second-order valence-electron chi connectivity index (χ2n) is 10.5. The zero-order valence-electron chi connectivity index (χ0n) is 21.5. The van der Waals surface area contributed by atoms with E-state index in [9.17, 15) is 19.8 Å². The number of cyclic esters (lactones) is 1. The molecule has 0 aromatic carbocycles. The van der Waals surface area contributed by atoms with Gasteiger partial charge in [-0.3, -0.25) is 14.5 Å². The van der Waals surface area contributed by atoms with E-state index in [-0.39, 0.29) is 24.3 Å². The lowest BCUT2D eigenvalue weighted by Gasteiger charge is -2.42. The number of methoxy groups -OCH3 is 1. The van der Waals surface area contributed by atoms with Gasteiger partial charge < -0.3 is 19.7 Å². The van der Waals surface area contributed by atoms with Crippen molar-refractivity contribution in [2.45, 2.75) is 104 Å². The lowest BCUT2D eigenvalue weighted by Crippen LogP contribution is -2.59. The maximum absolute atomic E-state index is 12.8. The summed E-state index contributed by atoms with van der Waals surface area (Å²) in [6.45, 7) is 14.8. The molecule has 0 aliphatic carbocycles. The average molecular weight is 458 g/mol. The van der Waals surface area contributed by atoms with Crippen LogP contribution in [0.5, 0.6) is 0 Å². The highest BCUT2D eigenvalue weighted by molar-refractivity contribution is 5.72. The fraction of sp³-hybridized carbons (Fsp3) is 0.920. The summed E-state index contributed by atoms with van der Waals surface area (Å²) in [7, 11) is 1.36. The highest BCUT2D eigenvalue weighted by Crippen LogP contribution is 2.30. The number of rotatable bonds is 4. The molecule has 0 saturated carbocycles. The molecular formula is C25H47NO6. The number of hydrogen-bond donors (Lipinski definition) is 2. The van der Waals surface area contributed by atoms with Gasteiger partial charge in [0.15, 0.2) is 0 Å². The first-order valence-electron chi connectivity index (χ1n) is 12.2. The molecule has 1 heterocycles. The van der Waals surface area contributed by atoms with Crippen LogP contribution in [0.4, 0.5) is 0 Å². The first kappa shape index (κ1) is 28.9. The van der Waals surface area contributed by atoms with E-state index in [0.29, 0.717) is 37.3 Å². The predicted molar refractivity (Wildman–Crippen MR) is 125 cm³/mol. The van der Waals surface area contributed by atoms with Gasteiger partial charge in [0.2, 0.25) is 0 Å². The minimum Gasteiger partial charge on any atom is -0.469 e. The molecule has 1 aliphatic heterocycles. The van der Waals surface area contributed by atoms with Crippen LogP contribution in [0.2, 0.25) is 0 Å². The third-order valence-corrected chi connectivity index (χ3v) is 7.06. The van der Waals surface area contributed by atoms with Gasteiger partial charge in [0.25, 0.3) is 0 Å². The summed E-state index contributed by atoms with van der Waals surface area (Å²) in [6, 6.07) is -0.443. The molecule has 188 valence electrons. The SMILES string of the molecule is CC[C@H]1OC(=O)C(C)C[C@H](C)C[C@@H](C)C[C@@H](C)CN(CCC(=O)OC)C(C)C(O)[C@]1(C)O. The first-order chi connectivity index (χ1) is 14.8. The summed E-state index contributed by atoms with van der Waals surface area (Å²) in [4.78, 5) is 26.6. The summed E-state index contributed by atoms with van der Waals surface area (Å²) in [5, 5.41) is 22.5. The molecule has 32 heavy (non-hydrogen) atoms. The number of esters is 2. The maximum atomic E-state index is 12.8. The Balaban J connectivity index is 3.24. The Hall–Kier alpha value is -1.18. The fourth-order valence-electron chi connectivity index (χ4n) is 5.29. The third-order valence-electron chi connectivity index (χ3n) is 7.06. The Labute approximate surface area is 194 Å². The third kappa shape index (κ3) is 8.31. The summed E-state index contributed by atoms with van der Waals surface area (Å²) in [5.74, 6) is 0.307. The molecule has 0 spiro atoms. The summed E-state index contributed by atoms with van der Waals surface area (Å²) in [5.41, 5.74) is -1.63. The summed E-state index contributed by atoms with van der Waals surface area (Å²) >= 11 is 0. The Morgan fingerprint density at radius 1 is 1.12 bits per heavy atom. The summed E-state index contributed by atoms with van der Waals surface area (Å²) < 4.78 is 10.5. The van der Waals surface area contributed by atoms with Crippen LogP contribution in [0.25, 0.3) is 0 Å². The zero-order chi connectivity index (χ0) is 24.6. The van der Waals surface area contributed by atoms with Crippen molar-refractivity contribution in [1.29, 1.82) is 0 Å². The number of nitrogens with zero attached hydrogens (tertiary/aromatic N) is 1. The quantitative estimate of drug-likeness (QED) is 0.625. The topological polar surface area (TPSA) is 96.3 Å². The molecule has 1 saturated heterocycles. The average Bonchev–Trinajstić information content (AvgIpc) is 2.71. The lowest BCUT2D eigenvalue weighted by molar-refractivity contribution is -0.190. The van der Waals surface area contributed by atoms with Gasteiger partial charge in [-0.05, 0) is 57.3 Å². The van der Waals surface area contributed by atoms with E-state index < -0.39 is 23.9 Å². The Kier molecular flexibility index (Phi) is 11.6. The maximum Gasteiger partial charge on any atom is 0.309 e. The minimum atomic E-state index is -1.63. The molecule has 0 aromatic rings. The van der Waals surface area contributed by atoms with Crippen molar-refractivity contribution in [3.05, 3.63) is 0 Å². The van der Waals surface area contributed by atoms with Crippen molar-refractivity contribution >= 4 is 11.9 Å². The van der Waals surface area contributed by atoms with Crippen molar-refractivity contribution in [3.63, 3.8) is 0 Å². The molecule has 8 atom stereocenters. The molecule has 3 unspecified atom stereocenters. The normalized spacial score (nSPS) is 38.9. The number of aliphatic hydroxyl groups excluding tert-OH is 1. The van der Waals surface area contributed by atoms with E-state index in [1.165, 1.54) is 14.0 Å². The highest BCUT2D eigenvalue weighted by Gasteiger charge is 2.45. The molecule has 1 rings (SSSR count). The molecule has 0 aromatic heterocycles. The second-order valence-corrected chi connectivity index (χ2v) is 10.5. The van der Waals surface area contributed by atoms with Gasteiger partial charge in [0.1, 0.15) is 17.8 Å². The fourth-order valence-corrected chi connectivity index (χ4v) is 5.29. The van der Waals surface area contributed by atoms with Gasteiger partial charge in [-0.25, -0.2) is 0 Å². The van der Waals surface area contributed by atoms with E-state index in [1.54, 1.807) is 0 Å². The number of hydrogen-bond acceptors (Lipinski definition) is 7. The van der Waals surface area contributed by atoms with Crippen molar-refractivity contribution in [1.82, 2.24) is 4.90 Å². The summed E-state index contributed by atoms with van der Waals surface area (Å²) in [6.07, 6.45) is 1.38. The molecule has 0 amide bonds. The standard InChI is InChI=1S/C25H47NO6/c1-9-21-25(7,30)23(28)20(6)26(11-10-22(27)31-8)15-18(4)13-16(2)12-17(3)14-19(5)24(29)32-21/h16-21,23,28,30H,9-15H2,1-8H3/t16-,17-,18-,19?,20?,21-,23?,25-/m1/s1. The minimum absolute atomic E-state index is 0.207. The van der Waals surface area contributed by atoms with Crippen LogP contribution in [-0.2, 0) is 19.1 Å². The largest absolute Gasteiger partial charge is 0.469 e. The van der Waals surface area contributed by atoms with Gasteiger partial charge in [0.05, 0.1) is 19.4 Å². The van der Waals surface area contributed by atoms with Crippen LogP contribution in [0.15, 0.2) is 0 Å². The van der Waals surface area contributed by atoms with Crippen LogP contribution in [0.1, 0.15) is 80.6 Å². The van der Waals surface area contributed by atoms with Gasteiger partial charge >= 0.3 is 11.9 Å². The number of ether oxygens (including phenoxy) is 2. The number of aliphatic hydroxyl groups is 2. The van der Waals surface area contributed by atoms with Gasteiger partial charge in [-0.1, -0.05) is 34.6 Å². The Morgan fingerprint density at radius 2 is 1.69 bits per heavy atom. The molecule has 1 fully saturated rings. The van der Waals surface area contributed by atoms with Crippen molar-refractivity contribution < 1.29 is 29.3 Å². The zero-order valence-corrected chi connectivity index (χ0v) is 21.5. The Morgan fingerprint density at radius 3 is 2.25 bits per heavy atom. The first-order valence-corrected chi connectivity index (χ1v) is 12.2. The Bertz CT molecular complexity index is 595. The molecule has 0 radical (unpaired) electrons. The molecular weight excluding hydrogens is 410 g/mol.